The lowest BCUT2D eigenvalue weighted by molar-refractivity contribution is -0.136. The van der Waals surface area contributed by atoms with Gasteiger partial charge < -0.3 is 5.32 Å². The van der Waals surface area contributed by atoms with Crippen LogP contribution in [-0.4, -0.2) is 40.2 Å². The van der Waals surface area contributed by atoms with Gasteiger partial charge in [0, 0.05) is 11.4 Å². The summed E-state index contributed by atoms with van der Waals surface area (Å²) in [4.78, 5) is 17.1. The maximum atomic E-state index is 13.6. The summed E-state index contributed by atoms with van der Waals surface area (Å²) in [6.07, 6.45) is -4.55. The Morgan fingerprint density at radius 3 is 2.21 bits per heavy atom. The van der Waals surface area contributed by atoms with Crippen molar-refractivity contribution < 1.29 is 18.0 Å². The van der Waals surface area contributed by atoms with Gasteiger partial charge in [0.25, 0.3) is 0 Å². The molecule has 4 rings (SSSR count). The quantitative estimate of drug-likeness (QED) is 0.474. The molecule has 4 heterocycles. The van der Waals surface area contributed by atoms with Gasteiger partial charge in [-0.05, 0) is 53.7 Å². The molecule has 0 atom stereocenters. The van der Waals surface area contributed by atoms with Gasteiger partial charge in [0.15, 0.2) is 5.65 Å². The van der Waals surface area contributed by atoms with Crippen molar-refractivity contribution in [3.8, 4) is 0 Å². The predicted molar refractivity (Wildman–Crippen MR) is 119 cm³/mol. The number of hydrogen-bond acceptors (Lipinski definition) is 5. The van der Waals surface area contributed by atoms with E-state index in [1.165, 1.54) is 18.5 Å². The Balaban J connectivity index is 1.60. The van der Waals surface area contributed by atoms with Gasteiger partial charge in [-0.1, -0.05) is 0 Å². The third kappa shape index (κ3) is 4.27. The molecule has 0 saturated carbocycles. The Morgan fingerprint density at radius 1 is 0.912 bits per heavy atom. The molecule has 9 nitrogen and oxygen atoms in total. The lowest BCUT2D eigenvalue weighted by atomic mass is 10.1. The monoisotopic (exact) mass is 474 g/mol. The van der Waals surface area contributed by atoms with Crippen molar-refractivity contribution in [3.63, 3.8) is 0 Å². The summed E-state index contributed by atoms with van der Waals surface area (Å²) < 4.78 is 45.4. The number of aryl methyl sites for hydroxylation is 5. The highest BCUT2D eigenvalue weighted by molar-refractivity contribution is 5.93. The van der Waals surface area contributed by atoms with Crippen LogP contribution in [-0.2, 0) is 24.2 Å². The Hall–Kier alpha value is -3.70. The molecule has 12 heteroatoms. The van der Waals surface area contributed by atoms with Crippen LogP contribution in [0.25, 0.3) is 11.0 Å². The van der Waals surface area contributed by atoms with E-state index in [0.717, 1.165) is 23.1 Å². The minimum atomic E-state index is -4.55. The highest BCUT2D eigenvalue weighted by atomic mass is 19.4. The van der Waals surface area contributed by atoms with E-state index in [1.54, 1.807) is 11.6 Å². The van der Waals surface area contributed by atoms with E-state index in [9.17, 15) is 18.0 Å². The van der Waals surface area contributed by atoms with E-state index in [0.29, 0.717) is 18.1 Å². The zero-order valence-electron chi connectivity index (χ0n) is 19.7. The van der Waals surface area contributed by atoms with Crippen molar-refractivity contribution in [2.75, 3.05) is 5.32 Å². The molecular formula is C22H25F3N8O. The fourth-order valence-corrected chi connectivity index (χ4v) is 4.09. The second-order valence-corrected chi connectivity index (χ2v) is 8.41. The molecule has 1 N–H and O–H groups in total. The Labute approximate surface area is 193 Å². The molecule has 180 valence electrons. The molecule has 4 aromatic rings. The topological polar surface area (TPSA) is 95.5 Å². The Kier molecular flexibility index (Phi) is 5.70. The molecule has 0 bridgehead atoms. The molecule has 1 amide bonds. The number of fused-ring (bicyclic) bond motifs is 1. The summed E-state index contributed by atoms with van der Waals surface area (Å²) in [7, 11) is 0. The van der Waals surface area contributed by atoms with E-state index in [4.69, 9.17) is 0 Å². The van der Waals surface area contributed by atoms with Crippen molar-refractivity contribution in [1.29, 1.82) is 0 Å². The van der Waals surface area contributed by atoms with Crippen LogP contribution in [0.1, 0.15) is 39.7 Å². The van der Waals surface area contributed by atoms with Crippen molar-refractivity contribution in [3.05, 3.63) is 51.9 Å². The van der Waals surface area contributed by atoms with Crippen LogP contribution in [0.15, 0.2) is 12.1 Å². The summed E-state index contributed by atoms with van der Waals surface area (Å²) in [5.74, 6) is -0.446. The first-order chi connectivity index (χ1) is 15.8. The maximum Gasteiger partial charge on any atom is 0.417 e. The summed E-state index contributed by atoms with van der Waals surface area (Å²) in [6.45, 7) is 10.5. The number of halogens is 3. The van der Waals surface area contributed by atoms with Gasteiger partial charge in [0.1, 0.15) is 13.2 Å². The molecule has 0 radical (unpaired) electrons. The van der Waals surface area contributed by atoms with Gasteiger partial charge >= 0.3 is 6.18 Å². The molecular weight excluding hydrogens is 449 g/mol. The maximum absolute atomic E-state index is 13.6. The van der Waals surface area contributed by atoms with E-state index >= 15 is 0 Å². The highest BCUT2D eigenvalue weighted by Crippen LogP contribution is 2.36. The first kappa shape index (κ1) is 23.5. The fraction of sp³-hybridized carbons (Fsp3) is 0.409. The fourth-order valence-electron chi connectivity index (χ4n) is 4.09. The van der Waals surface area contributed by atoms with Gasteiger partial charge in [-0.15, -0.1) is 0 Å². The van der Waals surface area contributed by atoms with Crippen LogP contribution in [0, 0.1) is 41.5 Å². The molecule has 0 aromatic carbocycles. The smallest absolute Gasteiger partial charge is 0.321 e. The number of carbonyl (C=O) groups excluding carboxylic acids is 1. The highest BCUT2D eigenvalue weighted by Gasteiger charge is 2.35. The molecule has 0 aliphatic carbocycles. The molecule has 0 aliphatic heterocycles. The van der Waals surface area contributed by atoms with Gasteiger partial charge in [-0.25, -0.2) is 19.0 Å². The minimum absolute atomic E-state index is 0.0219. The van der Waals surface area contributed by atoms with Crippen molar-refractivity contribution in [2.24, 2.45) is 0 Å². The minimum Gasteiger partial charge on any atom is -0.321 e. The van der Waals surface area contributed by atoms with Crippen LogP contribution in [0.2, 0.25) is 0 Å². The van der Waals surface area contributed by atoms with E-state index in [1.807, 2.05) is 31.5 Å². The van der Waals surface area contributed by atoms with E-state index in [2.05, 4.69) is 25.6 Å². The number of anilines is 1. The van der Waals surface area contributed by atoms with Crippen molar-refractivity contribution in [1.82, 2.24) is 34.3 Å². The van der Waals surface area contributed by atoms with Gasteiger partial charge in [-0.3, -0.25) is 4.79 Å². The second kappa shape index (κ2) is 8.26. The SMILES string of the molecule is Cc1cc(C(F)(F)F)c2c(C)nn(CC(=O)Nc3c(C)nn(Cn4nc(C)cc4C)c3C)c2n1. The van der Waals surface area contributed by atoms with Crippen LogP contribution in [0.3, 0.4) is 0 Å². The normalized spacial score (nSPS) is 12.0. The van der Waals surface area contributed by atoms with E-state index in [-0.39, 0.29) is 29.0 Å². The lowest BCUT2D eigenvalue weighted by Gasteiger charge is -2.10. The number of hydrogen-bond donors (Lipinski definition) is 1. The number of carbonyl (C=O) groups is 1. The molecule has 4 aromatic heterocycles. The van der Waals surface area contributed by atoms with Gasteiger partial charge in [0.05, 0.1) is 39.4 Å². The summed E-state index contributed by atoms with van der Waals surface area (Å²) in [5, 5.41) is 15.8. The third-order valence-electron chi connectivity index (χ3n) is 5.62. The summed E-state index contributed by atoms with van der Waals surface area (Å²) >= 11 is 0. The summed E-state index contributed by atoms with van der Waals surface area (Å²) in [6, 6.07) is 2.95. The predicted octanol–water partition coefficient (Wildman–Crippen LogP) is 3.84. The third-order valence-corrected chi connectivity index (χ3v) is 5.62. The summed E-state index contributed by atoms with van der Waals surface area (Å²) in [5.41, 5.74) is 3.33. The van der Waals surface area contributed by atoms with Crippen molar-refractivity contribution in [2.45, 2.75) is 60.9 Å². The number of amides is 1. The lowest BCUT2D eigenvalue weighted by Crippen LogP contribution is -2.21. The molecule has 0 fully saturated rings. The number of pyridine rings is 1. The molecule has 0 unspecified atom stereocenters. The first-order valence-electron chi connectivity index (χ1n) is 10.6. The number of rotatable bonds is 5. The molecule has 0 saturated heterocycles. The zero-order chi connectivity index (χ0) is 24.9. The number of nitrogens with one attached hydrogen (secondary N) is 1. The van der Waals surface area contributed by atoms with Crippen LogP contribution in [0.4, 0.5) is 18.9 Å². The largest absolute Gasteiger partial charge is 0.417 e. The van der Waals surface area contributed by atoms with Crippen LogP contribution < -0.4 is 5.32 Å². The van der Waals surface area contributed by atoms with Gasteiger partial charge in [0.2, 0.25) is 5.91 Å². The number of aromatic nitrogens is 7. The molecule has 34 heavy (non-hydrogen) atoms. The Bertz CT molecular complexity index is 1410. The molecule has 0 aliphatic rings. The van der Waals surface area contributed by atoms with Crippen LogP contribution in [0.5, 0.6) is 0 Å². The number of alkyl halides is 3. The molecule has 0 spiro atoms. The zero-order valence-corrected chi connectivity index (χ0v) is 19.7. The van der Waals surface area contributed by atoms with E-state index < -0.39 is 17.6 Å². The average molecular weight is 474 g/mol. The van der Waals surface area contributed by atoms with Crippen molar-refractivity contribution >= 4 is 22.6 Å². The second-order valence-electron chi connectivity index (χ2n) is 8.41. The van der Waals surface area contributed by atoms with Gasteiger partial charge in [-0.2, -0.15) is 28.5 Å². The number of nitrogens with zero attached hydrogens (tertiary/aromatic N) is 7. The van der Waals surface area contributed by atoms with Crippen LogP contribution >= 0.6 is 0 Å². The Morgan fingerprint density at radius 2 is 1.59 bits per heavy atom. The standard InChI is InChI=1S/C22H25F3N8O/c1-11-8-17(22(23,24)25)19-14(4)29-31(21(19)26-11)9-18(34)27-20-15(5)30-33(16(20)6)10-32-13(3)7-12(2)28-32/h7-8H,9-10H2,1-6H3,(H,27,34). The average Bonchev–Trinajstić information content (AvgIpc) is 3.29. The first-order valence-corrected chi connectivity index (χ1v) is 10.6.